The van der Waals surface area contributed by atoms with Crippen molar-refractivity contribution >= 4 is 36.6 Å². The van der Waals surface area contributed by atoms with Crippen LogP contribution in [-0.4, -0.2) is 55.5 Å². The van der Waals surface area contributed by atoms with Crippen LogP contribution in [0.1, 0.15) is 28.8 Å². The largest absolute Gasteiger partial charge is 0.351 e. The van der Waals surface area contributed by atoms with Crippen molar-refractivity contribution in [3.63, 3.8) is 0 Å². The summed E-state index contributed by atoms with van der Waals surface area (Å²) >= 11 is 0. The quantitative estimate of drug-likeness (QED) is 0.677. The highest BCUT2D eigenvalue weighted by atomic mass is 35.5. The lowest BCUT2D eigenvalue weighted by Crippen LogP contribution is -2.47. The van der Waals surface area contributed by atoms with Crippen LogP contribution in [0.4, 0.5) is 0 Å². The minimum atomic E-state index is -0.0264. The molecule has 25 heavy (non-hydrogen) atoms. The summed E-state index contributed by atoms with van der Waals surface area (Å²) in [5.41, 5.74) is 1.60. The van der Waals surface area contributed by atoms with Gasteiger partial charge in [0.2, 0.25) is 5.91 Å². The summed E-state index contributed by atoms with van der Waals surface area (Å²) in [5.74, 6) is 0.00114. The van der Waals surface area contributed by atoms with Gasteiger partial charge in [-0.25, -0.2) is 0 Å². The molecule has 1 aromatic rings. The summed E-state index contributed by atoms with van der Waals surface area (Å²) in [6, 6.07) is 7.80. The molecule has 1 saturated heterocycles. The molecule has 2 amide bonds. The molecule has 1 aromatic carbocycles. The molecule has 8 heteroatoms. The molecule has 140 valence electrons. The summed E-state index contributed by atoms with van der Waals surface area (Å²) in [6.45, 7) is 4.57. The molecule has 1 heterocycles. The van der Waals surface area contributed by atoms with Gasteiger partial charge in [-0.15, -0.1) is 24.8 Å². The summed E-state index contributed by atoms with van der Waals surface area (Å²) in [7, 11) is 0. The third-order valence-electron chi connectivity index (χ3n) is 4.17. The van der Waals surface area contributed by atoms with Gasteiger partial charge < -0.3 is 16.0 Å². The van der Waals surface area contributed by atoms with Crippen molar-refractivity contribution in [3.8, 4) is 0 Å². The average Bonchev–Trinajstić information content (AvgIpc) is 3.38. The molecule has 3 N–H and O–H groups in total. The van der Waals surface area contributed by atoms with Crippen molar-refractivity contribution in [1.29, 1.82) is 0 Å². The van der Waals surface area contributed by atoms with Gasteiger partial charge in [0.1, 0.15) is 0 Å². The van der Waals surface area contributed by atoms with Gasteiger partial charge in [0.25, 0.3) is 5.91 Å². The van der Waals surface area contributed by atoms with E-state index in [2.05, 4.69) is 20.9 Å². The third-order valence-corrected chi connectivity index (χ3v) is 4.17. The Bertz CT molecular complexity index is 576. The van der Waals surface area contributed by atoms with Crippen molar-refractivity contribution in [2.75, 3.05) is 32.7 Å². The number of rotatable bonds is 6. The monoisotopic (exact) mass is 388 g/mol. The van der Waals surface area contributed by atoms with Crippen LogP contribution in [0.5, 0.6) is 0 Å². The minimum Gasteiger partial charge on any atom is -0.351 e. The van der Waals surface area contributed by atoms with Crippen LogP contribution in [0.25, 0.3) is 0 Å². The Labute approximate surface area is 160 Å². The molecule has 0 radical (unpaired) electrons. The van der Waals surface area contributed by atoms with E-state index >= 15 is 0 Å². The number of nitrogens with one attached hydrogen (secondary N) is 3. The first-order valence-corrected chi connectivity index (χ1v) is 8.30. The second kappa shape index (κ2) is 10.6. The van der Waals surface area contributed by atoms with Crippen LogP contribution in [0.2, 0.25) is 0 Å². The zero-order valence-corrected chi connectivity index (χ0v) is 15.8. The summed E-state index contributed by atoms with van der Waals surface area (Å²) in [5, 5.41) is 9.18. The van der Waals surface area contributed by atoms with Gasteiger partial charge in [-0.2, -0.15) is 0 Å². The van der Waals surface area contributed by atoms with E-state index in [1.807, 2.05) is 24.3 Å². The average molecular weight is 389 g/mol. The van der Waals surface area contributed by atoms with E-state index in [9.17, 15) is 9.59 Å². The molecule has 1 saturated carbocycles. The molecular weight excluding hydrogens is 363 g/mol. The van der Waals surface area contributed by atoms with Crippen LogP contribution in [0, 0.1) is 0 Å². The number of nitrogens with zero attached hydrogens (tertiary/aromatic N) is 1. The first kappa shape index (κ1) is 21.7. The van der Waals surface area contributed by atoms with E-state index in [-0.39, 0.29) is 36.6 Å². The Morgan fingerprint density at radius 1 is 1.16 bits per heavy atom. The maximum atomic E-state index is 12.0. The lowest BCUT2D eigenvalue weighted by atomic mass is 10.1. The minimum absolute atomic E-state index is 0. The first-order chi connectivity index (χ1) is 11.2. The maximum absolute atomic E-state index is 12.0. The number of halogens is 2. The van der Waals surface area contributed by atoms with Crippen LogP contribution in [-0.2, 0) is 11.3 Å². The van der Waals surface area contributed by atoms with Crippen molar-refractivity contribution in [1.82, 2.24) is 20.9 Å². The van der Waals surface area contributed by atoms with Gasteiger partial charge in [-0.05, 0) is 30.5 Å². The molecule has 6 nitrogen and oxygen atoms in total. The summed E-state index contributed by atoms with van der Waals surface area (Å²) in [4.78, 5) is 26.2. The molecule has 0 bridgehead atoms. The molecule has 0 spiro atoms. The Hall–Kier alpha value is -1.34. The lowest BCUT2D eigenvalue weighted by Gasteiger charge is -2.26. The van der Waals surface area contributed by atoms with Crippen molar-refractivity contribution < 1.29 is 9.59 Å². The molecule has 0 aromatic heterocycles. The number of hydrogen-bond acceptors (Lipinski definition) is 4. The van der Waals surface area contributed by atoms with E-state index in [1.165, 1.54) is 0 Å². The highest BCUT2D eigenvalue weighted by molar-refractivity contribution is 5.94. The van der Waals surface area contributed by atoms with E-state index in [0.29, 0.717) is 24.7 Å². The highest BCUT2D eigenvalue weighted by Gasteiger charge is 2.23. The lowest BCUT2D eigenvalue weighted by molar-refractivity contribution is -0.122. The third kappa shape index (κ3) is 7.20. The van der Waals surface area contributed by atoms with Crippen LogP contribution in [0.3, 0.4) is 0 Å². The maximum Gasteiger partial charge on any atom is 0.251 e. The fraction of sp³-hybridized carbons (Fsp3) is 0.529. The second-order valence-corrected chi connectivity index (χ2v) is 6.25. The van der Waals surface area contributed by atoms with Crippen LogP contribution < -0.4 is 16.0 Å². The Morgan fingerprint density at radius 3 is 2.56 bits per heavy atom. The molecule has 1 aliphatic carbocycles. The zero-order valence-electron chi connectivity index (χ0n) is 14.1. The zero-order chi connectivity index (χ0) is 16.1. The number of carbonyl (C=O) groups excluding carboxylic acids is 2. The topological polar surface area (TPSA) is 73.5 Å². The molecule has 3 rings (SSSR count). The van der Waals surface area contributed by atoms with E-state index < -0.39 is 0 Å². The van der Waals surface area contributed by atoms with Crippen molar-refractivity contribution in [3.05, 3.63) is 35.4 Å². The molecule has 2 fully saturated rings. The molecule has 1 aliphatic heterocycles. The smallest absolute Gasteiger partial charge is 0.251 e. The summed E-state index contributed by atoms with van der Waals surface area (Å²) in [6.07, 6.45) is 2.15. The van der Waals surface area contributed by atoms with Gasteiger partial charge >= 0.3 is 0 Å². The summed E-state index contributed by atoms with van der Waals surface area (Å²) < 4.78 is 0. The van der Waals surface area contributed by atoms with E-state index in [4.69, 9.17) is 0 Å². The molecule has 2 aliphatic rings. The van der Waals surface area contributed by atoms with Gasteiger partial charge in [0.15, 0.2) is 0 Å². The van der Waals surface area contributed by atoms with Crippen molar-refractivity contribution in [2.45, 2.75) is 25.4 Å². The Morgan fingerprint density at radius 2 is 1.88 bits per heavy atom. The number of hydrogen-bond donors (Lipinski definition) is 3. The predicted molar refractivity (Wildman–Crippen MR) is 103 cm³/mol. The predicted octanol–water partition coefficient (Wildman–Crippen LogP) is 0.944. The number of piperazine rings is 1. The first-order valence-electron chi connectivity index (χ1n) is 8.30. The Balaban J connectivity index is 0.00000156. The second-order valence-electron chi connectivity index (χ2n) is 6.25. The SMILES string of the molecule is Cl.Cl.O=C(CN1CCNCC1)NCc1cccc(C(=O)NC2CC2)c1. The van der Waals surface area contributed by atoms with E-state index in [1.54, 1.807) is 0 Å². The fourth-order valence-corrected chi connectivity index (χ4v) is 2.65. The van der Waals surface area contributed by atoms with Gasteiger partial charge in [0.05, 0.1) is 6.54 Å². The standard InChI is InChI=1S/C17H24N4O2.2ClH/c22-16(12-21-8-6-18-7-9-21)19-11-13-2-1-3-14(10-13)17(23)20-15-4-5-15;;/h1-3,10,15,18H,4-9,11-12H2,(H,19,22)(H,20,23);2*1H. The van der Waals surface area contributed by atoms with Crippen LogP contribution >= 0.6 is 24.8 Å². The Kier molecular flexibility index (Phi) is 9.21. The number of amides is 2. The van der Waals surface area contributed by atoms with Gasteiger partial charge in [-0.3, -0.25) is 14.5 Å². The normalized spacial score (nSPS) is 17.0. The van der Waals surface area contributed by atoms with E-state index in [0.717, 1.165) is 44.6 Å². The number of carbonyl (C=O) groups is 2. The molecule has 0 unspecified atom stereocenters. The van der Waals surface area contributed by atoms with Crippen LogP contribution in [0.15, 0.2) is 24.3 Å². The highest BCUT2D eigenvalue weighted by Crippen LogP contribution is 2.19. The van der Waals surface area contributed by atoms with Gasteiger partial charge in [-0.1, -0.05) is 12.1 Å². The van der Waals surface area contributed by atoms with Crippen molar-refractivity contribution in [2.24, 2.45) is 0 Å². The van der Waals surface area contributed by atoms with Gasteiger partial charge in [0, 0.05) is 44.3 Å². The fourth-order valence-electron chi connectivity index (χ4n) is 2.65. The molecular formula is C17H26Cl2N4O2. The number of benzene rings is 1. The molecule has 0 atom stereocenters.